The SMILES string of the molecule is CCOc1ccc([C@@H](C)NC(=O)COc2ccccc2OC)cc1. The van der Waals surface area contributed by atoms with Crippen LogP contribution in [-0.4, -0.2) is 26.2 Å². The van der Waals surface area contributed by atoms with E-state index in [1.54, 1.807) is 19.2 Å². The molecule has 1 amide bonds. The maximum Gasteiger partial charge on any atom is 0.258 e. The van der Waals surface area contributed by atoms with Crippen LogP contribution in [0.15, 0.2) is 48.5 Å². The summed E-state index contributed by atoms with van der Waals surface area (Å²) in [7, 11) is 1.57. The molecule has 0 fully saturated rings. The molecule has 0 saturated heterocycles. The number of hydrogen-bond acceptors (Lipinski definition) is 4. The fourth-order valence-electron chi connectivity index (χ4n) is 2.27. The summed E-state index contributed by atoms with van der Waals surface area (Å²) in [6.45, 7) is 4.43. The van der Waals surface area contributed by atoms with Crippen LogP contribution in [0.2, 0.25) is 0 Å². The van der Waals surface area contributed by atoms with E-state index in [0.29, 0.717) is 18.1 Å². The Kier molecular flexibility index (Phi) is 6.49. The Bertz CT molecular complexity index is 655. The van der Waals surface area contributed by atoms with Crippen molar-refractivity contribution in [2.24, 2.45) is 0 Å². The molecule has 0 unspecified atom stereocenters. The molecule has 0 bridgehead atoms. The van der Waals surface area contributed by atoms with Gasteiger partial charge in [-0.15, -0.1) is 0 Å². The lowest BCUT2D eigenvalue weighted by Gasteiger charge is -2.16. The number of amides is 1. The predicted octanol–water partition coefficient (Wildman–Crippen LogP) is 3.35. The van der Waals surface area contributed by atoms with E-state index in [-0.39, 0.29) is 18.6 Å². The summed E-state index contributed by atoms with van der Waals surface area (Å²) in [4.78, 5) is 12.1. The van der Waals surface area contributed by atoms with Gasteiger partial charge in [-0.2, -0.15) is 0 Å². The molecule has 5 heteroatoms. The quantitative estimate of drug-likeness (QED) is 0.807. The number of ether oxygens (including phenoxy) is 3. The fourth-order valence-corrected chi connectivity index (χ4v) is 2.27. The molecule has 0 heterocycles. The molecule has 0 aliphatic carbocycles. The van der Waals surface area contributed by atoms with Gasteiger partial charge in [0.05, 0.1) is 19.8 Å². The molecule has 0 aromatic heterocycles. The first kappa shape index (κ1) is 17.7. The van der Waals surface area contributed by atoms with Crippen LogP contribution in [0.25, 0.3) is 0 Å². The second-order valence-corrected chi connectivity index (χ2v) is 5.23. The minimum Gasteiger partial charge on any atom is -0.494 e. The van der Waals surface area contributed by atoms with Gasteiger partial charge in [-0.3, -0.25) is 4.79 Å². The van der Waals surface area contributed by atoms with E-state index >= 15 is 0 Å². The number of rotatable bonds is 8. The van der Waals surface area contributed by atoms with E-state index in [4.69, 9.17) is 14.2 Å². The zero-order valence-corrected chi connectivity index (χ0v) is 14.2. The van der Waals surface area contributed by atoms with E-state index < -0.39 is 0 Å². The summed E-state index contributed by atoms with van der Waals surface area (Å²) >= 11 is 0. The number of carbonyl (C=O) groups is 1. The highest BCUT2D eigenvalue weighted by molar-refractivity contribution is 5.78. The Balaban J connectivity index is 1.87. The van der Waals surface area contributed by atoms with Gasteiger partial charge in [0.25, 0.3) is 5.91 Å². The Labute approximate surface area is 142 Å². The first-order chi connectivity index (χ1) is 11.6. The molecule has 128 valence electrons. The van der Waals surface area contributed by atoms with Crippen LogP contribution in [0.3, 0.4) is 0 Å². The van der Waals surface area contributed by atoms with Gasteiger partial charge in [-0.25, -0.2) is 0 Å². The lowest BCUT2D eigenvalue weighted by Crippen LogP contribution is -2.31. The van der Waals surface area contributed by atoms with Crippen LogP contribution in [0, 0.1) is 0 Å². The van der Waals surface area contributed by atoms with Crippen LogP contribution in [0.4, 0.5) is 0 Å². The smallest absolute Gasteiger partial charge is 0.258 e. The summed E-state index contributed by atoms with van der Waals surface area (Å²) in [5.74, 6) is 1.77. The minimum absolute atomic E-state index is 0.0677. The number of nitrogens with one attached hydrogen (secondary N) is 1. The number of carbonyl (C=O) groups excluding carboxylic acids is 1. The van der Waals surface area contributed by atoms with Crippen LogP contribution >= 0.6 is 0 Å². The van der Waals surface area contributed by atoms with Gasteiger partial charge >= 0.3 is 0 Å². The maximum atomic E-state index is 12.1. The third kappa shape index (κ3) is 4.91. The molecule has 0 spiro atoms. The molecule has 0 aliphatic heterocycles. The molecule has 2 rings (SSSR count). The minimum atomic E-state index is -0.192. The van der Waals surface area contributed by atoms with Crippen LogP contribution < -0.4 is 19.5 Å². The second kappa shape index (κ2) is 8.82. The topological polar surface area (TPSA) is 56.8 Å². The van der Waals surface area contributed by atoms with Crippen molar-refractivity contribution in [1.82, 2.24) is 5.32 Å². The first-order valence-corrected chi connectivity index (χ1v) is 7.92. The molecule has 5 nitrogen and oxygen atoms in total. The van der Waals surface area contributed by atoms with Crippen molar-refractivity contribution in [2.45, 2.75) is 19.9 Å². The molecule has 1 atom stereocenters. The van der Waals surface area contributed by atoms with Gasteiger partial charge in [0.15, 0.2) is 18.1 Å². The van der Waals surface area contributed by atoms with Crippen molar-refractivity contribution in [2.75, 3.05) is 20.3 Å². The zero-order chi connectivity index (χ0) is 17.4. The molecule has 0 radical (unpaired) electrons. The van der Waals surface area contributed by atoms with Crippen molar-refractivity contribution in [3.63, 3.8) is 0 Å². The first-order valence-electron chi connectivity index (χ1n) is 7.92. The molecule has 1 N–H and O–H groups in total. The normalized spacial score (nSPS) is 11.5. The predicted molar refractivity (Wildman–Crippen MR) is 92.7 cm³/mol. The average Bonchev–Trinajstić information content (AvgIpc) is 2.61. The molecule has 0 saturated carbocycles. The molecular weight excluding hydrogens is 306 g/mol. The van der Waals surface area contributed by atoms with Crippen molar-refractivity contribution in [1.29, 1.82) is 0 Å². The van der Waals surface area contributed by atoms with Crippen molar-refractivity contribution < 1.29 is 19.0 Å². The summed E-state index contributed by atoms with van der Waals surface area (Å²) < 4.78 is 16.1. The lowest BCUT2D eigenvalue weighted by atomic mass is 10.1. The standard InChI is InChI=1S/C19H23NO4/c1-4-23-16-11-9-15(10-12-16)14(2)20-19(21)13-24-18-8-6-5-7-17(18)22-3/h5-12,14H,4,13H2,1-3H3,(H,20,21)/t14-/m1/s1. The van der Waals surface area contributed by atoms with Crippen LogP contribution in [-0.2, 0) is 4.79 Å². The summed E-state index contributed by atoms with van der Waals surface area (Å²) in [5, 5.41) is 2.91. The van der Waals surface area contributed by atoms with Gasteiger partial charge in [0.1, 0.15) is 5.75 Å². The maximum absolute atomic E-state index is 12.1. The number of para-hydroxylation sites is 2. The fraction of sp³-hybridized carbons (Fsp3) is 0.316. The van der Waals surface area contributed by atoms with Gasteiger partial charge in [0.2, 0.25) is 0 Å². The highest BCUT2D eigenvalue weighted by atomic mass is 16.5. The molecule has 2 aromatic rings. The monoisotopic (exact) mass is 329 g/mol. The molecule has 0 aliphatic rings. The third-order valence-corrected chi connectivity index (χ3v) is 3.50. The summed E-state index contributed by atoms with van der Waals surface area (Å²) in [6, 6.07) is 14.8. The average molecular weight is 329 g/mol. The Morgan fingerprint density at radius 3 is 2.33 bits per heavy atom. The van der Waals surface area contributed by atoms with Crippen LogP contribution in [0.1, 0.15) is 25.5 Å². The summed E-state index contributed by atoms with van der Waals surface area (Å²) in [5.41, 5.74) is 1.00. The zero-order valence-electron chi connectivity index (χ0n) is 14.2. The van der Waals surface area contributed by atoms with Crippen molar-refractivity contribution >= 4 is 5.91 Å². The van der Waals surface area contributed by atoms with Gasteiger partial charge in [0, 0.05) is 0 Å². The van der Waals surface area contributed by atoms with Gasteiger partial charge < -0.3 is 19.5 Å². The van der Waals surface area contributed by atoms with Crippen molar-refractivity contribution in [3.8, 4) is 17.2 Å². The van der Waals surface area contributed by atoms with E-state index in [2.05, 4.69) is 5.32 Å². The lowest BCUT2D eigenvalue weighted by molar-refractivity contribution is -0.123. The molecule has 24 heavy (non-hydrogen) atoms. The Hall–Kier alpha value is -2.69. The number of benzene rings is 2. The van der Waals surface area contributed by atoms with E-state index in [0.717, 1.165) is 11.3 Å². The Morgan fingerprint density at radius 1 is 1.04 bits per heavy atom. The second-order valence-electron chi connectivity index (χ2n) is 5.23. The number of hydrogen-bond donors (Lipinski definition) is 1. The summed E-state index contributed by atoms with van der Waals surface area (Å²) in [6.07, 6.45) is 0. The van der Waals surface area contributed by atoms with E-state index in [9.17, 15) is 4.79 Å². The molecular formula is C19H23NO4. The van der Waals surface area contributed by atoms with Gasteiger partial charge in [-0.05, 0) is 43.7 Å². The van der Waals surface area contributed by atoms with Crippen LogP contribution in [0.5, 0.6) is 17.2 Å². The van der Waals surface area contributed by atoms with Gasteiger partial charge in [-0.1, -0.05) is 24.3 Å². The highest BCUT2D eigenvalue weighted by Crippen LogP contribution is 2.25. The van der Waals surface area contributed by atoms with E-state index in [1.165, 1.54) is 0 Å². The number of methoxy groups -OCH3 is 1. The van der Waals surface area contributed by atoms with E-state index in [1.807, 2.05) is 50.2 Å². The van der Waals surface area contributed by atoms with Crippen molar-refractivity contribution in [3.05, 3.63) is 54.1 Å². The molecule has 2 aromatic carbocycles. The highest BCUT2D eigenvalue weighted by Gasteiger charge is 2.11. The Morgan fingerprint density at radius 2 is 1.71 bits per heavy atom. The third-order valence-electron chi connectivity index (χ3n) is 3.50. The largest absolute Gasteiger partial charge is 0.494 e.